The fraction of sp³-hybridized carbons (Fsp3) is 0.732. The van der Waals surface area contributed by atoms with Crippen molar-refractivity contribution in [3.05, 3.63) is 29.8 Å². The number of hydrogen-bond acceptors (Lipinski definition) is 8. The smallest absolute Gasteiger partial charge is 0.403 e. The number of nitrogens with one attached hydrogen (secondary N) is 2. The maximum absolute atomic E-state index is 14.4. The molecule has 2 aliphatic rings. The normalized spacial score (nSPS) is 21.1. The van der Waals surface area contributed by atoms with E-state index in [0.29, 0.717) is 37.4 Å². The van der Waals surface area contributed by atoms with Gasteiger partial charge in [-0.2, -0.15) is 13.2 Å². The Balaban J connectivity index is 1.65. The third kappa shape index (κ3) is 13.8. The molecule has 1 aliphatic carbocycles. The molecule has 0 aromatic heterocycles. The molecule has 2 fully saturated rings. The lowest BCUT2D eigenvalue weighted by Gasteiger charge is -2.32. The first-order valence-corrected chi connectivity index (χ1v) is 19.9. The Labute approximate surface area is 319 Å². The van der Waals surface area contributed by atoms with Crippen molar-refractivity contribution in [3.8, 4) is 0 Å². The second-order valence-corrected chi connectivity index (χ2v) is 16.4. The molecule has 1 aliphatic heterocycles. The largest absolute Gasteiger partial charge is 0.461 e. The number of Topliss-reactive ketones (excluding diaryl/α,β-unsaturated/α-hetero) is 1. The van der Waals surface area contributed by atoms with Crippen LogP contribution in [0.5, 0.6) is 0 Å². The summed E-state index contributed by atoms with van der Waals surface area (Å²) in [6.07, 6.45) is 0.0848. The number of carbonyl (C=O) groups excluding carboxylic acids is 5. The van der Waals surface area contributed by atoms with E-state index in [0.717, 1.165) is 31.2 Å². The van der Waals surface area contributed by atoms with Gasteiger partial charge in [-0.15, -0.1) is 0 Å². The summed E-state index contributed by atoms with van der Waals surface area (Å²) < 4.78 is 48.4. The molecular weight excluding hydrogens is 701 g/mol. The number of ketones is 1. The minimum Gasteiger partial charge on any atom is -0.461 e. The fourth-order valence-corrected chi connectivity index (χ4v) is 7.48. The number of nitrogens with two attached hydrogens (primary N) is 1. The lowest BCUT2D eigenvalue weighted by atomic mass is 9.76. The van der Waals surface area contributed by atoms with Gasteiger partial charge < -0.3 is 15.8 Å². The second-order valence-electron chi connectivity index (χ2n) is 16.4. The van der Waals surface area contributed by atoms with Crippen LogP contribution < -0.4 is 16.4 Å². The highest BCUT2D eigenvalue weighted by Crippen LogP contribution is 2.34. The number of anilines is 1. The van der Waals surface area contributed by atoms with Crippen LogP contribution in [0.4, 0.5) is 18.9 Å². The minimum absolute atomic E-state index is 0.0371. The Morgan fingerprint density at radius 1 is 0.926 bits per heavy atom. The number of rotatable bonds is 21. The molecule has 1 heterocycles. The third-order valence-electron chi connectivity index (χ3n) is 11.1. The lowest BCUT2D eigenvalue weighted by Crippen LogP contribution is -2.53. The van der Waals surface area contributed by atoms with Gasteiger partial charge in [0.15, 0.2) is 5.78 Å². The van der Waals surface area contributed by atoms with Gasteiger partial charge in [0.25, 0.3) is 0 Å². The summed E-state index contributed by atoms with van der Waals surface area (Å²) >= 11 is 0. The molecule has 4 N–H and O–H groups in total. The van der Waals surface area contributed by atoms with E-state index in [2.05, 4.69) is 10.6 Å². The third-order valence-corrected chi connectivity index (χ3v) is 11.1. The molecule has 304 valence electrons. The Kier molecular flexibility index (Phi) is 17.6. The molecule has 10 nitrogen and oxygen atoms in total. The average molecular weight is 765 g/mol. The zero-order chi connectivity index (χ0) is 40.2. The summed E-state index contributed by atoms with van der Waals surface area (Å²) in [7, 11) is 0. The van der Waals surface area contributed by atoms with Crippen molar-refractivity contribution >= 4 is 35.2 Å². The molecule has 3 rings (SSSR count). The number of esters is 1. The molecule has 0 radical (unpaired) electrons. The number of ether oxygens (including phenoxy) is 1. The highest BCUT2D eigenvalue weighted by Gasteiger charge is 2.43. The maximum atomic E-state index is 14.4. The number of nitrogens with zero attached hydrogens (tertiary/aromatic N) is 1. The van der Waals surface area contributed by atoms with Crippen LogP contribution in [0.1, 0.15) is 118 Å². The number of halogens is 3. The molecular formula is C41H63F3N4O6. The Hall–Kier alpha value is -3.32. The van der Waals surface area contributed by atoms with E-state index in [1.165, 1.54) is 4.90 Å². The van der Waals surface area contributed by atoms with E-state index < -0.39 is 35.9 Å². The standard InChI is InChI=1S/C41H63F3N4O6/c1-25(2)33-22-36(50)48(39(33)52)19-9-7-8-10-35(41(42,43)44)47-37(26(3)4)34(49)21-31(20-28-11-13-29(23-45)14-12-28)38(51)46-32-17-15-30(16-18-32)24-54-40(53)27(5)6/h15-18,25-29,31,33,35,37,47H,7-14,19-24,45H2,1-6H3,(H,46,51). The molecule has 13 heteroatoms. The monoisotopic (exact) mass is 764 g/mol. The average Bonchev–Trinajstić information content (AvgIpc) is 3.40. The van der Waals surface area contributed by atoms with E-state index in [-0.39, 0.29) is 86.2 Å². The zero-order valence-corrected chi connectivity index (χ0v) is 33.0. The van der Waals surface area contributed by atoms with Gasteiger partial charge in [-0.05, 0) is 80.0 Å². The number of imide groups is 1. The van der Waals surface area contributed by atoms with Gasteiger partial charge in [-0.1, -0.05) is 79.4 Å². The number of hydrogen-bond donors (Lipinski definition) is 3. The first-order valence-electron chi connectivity index (χ1n) is 19.9. The number of likely N-dealkylation sites (tertiary alicyclic amines) is 1. The molecule has 4 atom stereocenters. The minimum atomic E-state index is -4.61. The van der Waals surface area contributed by atoms with Crippen molar-refractivity contribution in [2.75, 3.05) is 18.4 Å². The Bertz CT molecular complexity index is 1390. The molecule has 1 saturated heterocycles. The van der Waals surface area contributed by atoms with Crippen LogP contribution in [-0.4, -0.2) is 65.7 Å². The maximum Gasteiger partial charge on any atom is 0.403 e. The van der Waals surface area contributed by atoms with Crippen LogP contribution in [-0.2, 0) is 35.3 Å². The van der Waals surface area contributed by atoms with Gasteiger partial charge in [-0.25, -0.2) is 0 Å². The first kappa shape index (κ1) is 45.1. The fourth-order valence-electron chi connectivity index (χ4n) is 7.48. The van der Waals surface area contributed by atoms with Gasteiger partial charge in [0.1, 0.15) is 12.6 Å². The van der Waals surface area contributed by atoms with Crippen molar-refractivity contribution < 1.29 is 41.9 Å². The number of amides is 3. The summed E-state index contributed by atoms with van der Waals surface area (Å²) in [6, 6.07) is 3.80. The van der Waals surface area contributed by atoms with Crippen LogP contribution >= 0.6 is 0 Å². The van der Waals surface area contributed by atoms with Crippen molar-refractivity contribution in [2.45, 2.75) is 137 Å². The van der Waals surface area contributed by atoms with E-state index in [1.807, 2.05) is 13.8 Å². The van der Waals surface area contributed by atoms with Crippen LogP contribution in [0.25, 0.3) is 0 Å². The van der Waals surface area contributed by atoms with Gasteiger partial charge in [0, 0.05) is 36.9 Å². The summed E-state index contributed by atoms with van der Waals surface area (Å²) in [5, 5.41) is 5.54. The predicted octanol–water partition coefficient (Wildman–Crippen LogP) is 7.19. The van der Waals surface area contributed by atoms with Crippen LogP contribution in [0, 0.1) is 41.4 Å². The first-order chi connectivity index (χ1) is 25.4. The van der Waals surface area contributed by atoms with Gasteiger partial charge in [-0.3, -0.25) is 34.2 Å². The molecule has 4 unspecified atom stereocenters. The molecule has 0 spiro atoms. The molecule has 1 aromatic carbocycles. The second kappa shape index (κ2) is 21.1. The number of carbonyl (C=O) groups is 5. The predicted molar refractivity (Wildman–Crippen MR) is 202 cm³/mol. The highest BCUT2D eigenvalue weighted by atomic mass is 19.4. The number of unbranched alkanes of at least 4 members (excludes halogenated alkanes) is 2. The van der Waals surface area contributed by atoms with Crippen molar-refractivity contribution in [2.24, 2.45) is 47.2 Å². The quantitative estimate of drug-likeness (QED) is 0.0677. The van der Waals surface area contributed by atoms with Crippen LogP contribution in [0.15, 0.2) is 24.3 Å². The van der Waals surface area contributed by atoms with Crippen LogP contribution in [0.2, 0.25) is 0 Å². The highest BCUT2D eigenvalue weighted by molar-refractivity contribution is 6.03. The van der Waals surface area contributed by atoms with Crippen molar-refractivity contribution in [1.29, 1.82) is 0 Å². The molecule has 54 heavy (non-hydrogen) atoms. The number of alkyl halides is 3. The van der Waals surface area contributed by atoms with Crippen LogP contribution in [0.3, 0.4) is 0 Å². The van der Waals surface area contributed by atoms with Crippen molar-refractivity contribution in [3.63, 3.8) is 0 Å². The number of benzene rings is 1. The summed E-state index contributed by atoms with van der Waals surface area (Å²) in [5.74, 6) is -2.75. The Morgan fingerprint density at radius 3 is 2.09 bits per heavy atom. The van der Waals surface area contributed by atoms with E-state index in [9.17, 15) is 37.1 Å². The Morgan fingerprint density at radius 2 is 1.56 bits per heavy atom. The summed E-state index contributed by atoms with van der Waals surface area (Å²) in [5.41, 5.74) is 7.13. The van der Waals surface area contributed by atoms with E-state index >= 15 is 0 Å². The van der Waals surface area contributed by atoms with Gasteiger partial charge >= 0.3 is 12.1 Å². The summed E-state index contributed by atoms with van der Waals surface area (Å²) in [6.45, 7) is 11.5. The molecule has 1 saturated carbocycles. The zero-order valence-electron chi connectivity index (χ0n) is 33.0. The molecule has 0 bridgehead atoms. The van der Waals surface area contributed by atoms with Crippen molar-refractivity contribution in [1.82, 2.24) is 10.2 Å². The molecule has 1 aromatic rings. The lowest BCUT2D eigenvalue weighted by molar-refractivity contribution is -0.161. The van der Waals surface area contributed by atoms with E-state index in [1.54, 1.807) is 52.0 Å². The van der Waals surface area contributed by atoms with Gasteiger partial charge in [0.2, 0.25) is 17.7 Å². The molecule has 3 amide bonds. The topological polar surface area (TPSA) is 148 Å². The van der Waals surface area contributed by atoms with Gasteiger partial charge in [0.05, 0.1) is 12.0 Å². The van der Waals surface area contributed by atoms with E-state index in [4.69, 9.17) is 10.5 Å². The summed E-state index contributed by atoms with van der Waals surface area (Å²) in [4.78, 5) is 65.7. The SMILES string of the molecule is CC(C)C(=O)OCc1ccc(NC(=O)C(CC(=O)C(NC(CCCCCN2C(=O)CC(C(C)C)C2=O)C(F)(F)F)C(C)C)CC2CCC(CN)CC2)cc1.